The van der Waals surface area contributed by atoms with E-state index in [1.54, 1.807) is 6.20 Å². The molecule has 3 unspecified atom stereocenters. The SMILES string of the molecule is O=C(NCCCc1ccccc1)C1CCCN(C(=O)C2CC(c3cccnc3)NN2)C1. The first kappa shape index (κ1) is 21.5. The zero-order chi connectivity index (χ0) is 21.5. The van der Waals surface area contributed by atoms with E-state index in [1.807, 2.05) is 41.4 Å². The number of rotatable bonds is 7. The van der Waals surface area contributed by atoms with Crippen LogP contribution in [0.15, 0.2) is 54.9 Å². The summed E-state index contributed by atoms with van der Waals surface area (Å²) >= 11 is 0. The molecule has 3 N–H and O–H groups in total. The third-order valence-corrected chi connectivity index (χ3v) is 6.18. The van der Waals surface area contributed by atoms with Crippen molar-refractivity contribution < 1.29 is 9.59 Å². The van der Waals surface area contributed by atoms with Gasteiger partial charge in [0.25, 0.3) is 0 Å². The molecule has 0 aliphatic carbocycles. The normalized spacial score (nSPS) is 23.5. The number of likely N-dealkylation sites (tertiary alicyclic amines) is 1. The van der Waals surface area contributed by atoms with E-state index in [9.17, 15) is 9.59 Å². The van der Waals surface area contributed by atoms with Crippen molar-refractivity contribution in [3.05, 3.63) is 66.0 Å². The first-order valence-electron chi connectivity index (χ1n) is 11.2. The minimum atomic E-state index is -0.280. The van der Waals surface area contributed by atoms with Crippen LogP contribution in [0.1, 0.15) is 42.9 Å². The highest BCUT2D eigenvalue weighted by Crippen LogP contribution is 2.24. The smallest absolute Gasteiger partial charge is 0.241 e. The Morgan fingerprint density at radius 3 is 2.81 bits per heavy atom. The van der Waals surface area contributed by atoms with Crippen LogP contribution in [0.25, 0.3) is 0 Å². The topological polar surface area (TPSA) is 86.4 Å². The first-order valence-corrected chi connectivity index (χ1v) is 11.2. The molecule has 0 saturated carbocycles. The van der Waals surface area contributed by atoms with Crippen LogP contribution in [0.5, 0.6) is 0 Å². The van der Waals surface area contributed by atoms with E-state index in [0.29, 0.717) is 26.1 Å². The van der Waals surface area contributed by atoms with E-state index in [0.717, 1.165) is 31.2 Å². The molecule has 2 aliphatic heterocycles. The molecular formula is C24H31N5O2. The van der Waals surface area contributed by atoms with Crippen LogP contribution in [0.2, 0.25) is 0 Å². The largest absolute Gasteiger partial charge is 0.356 e. The van der Waals surface area contributed by atoms with Crippen molar-refractivity contribution in [2.24, 2.45) is 5.92 Å². The molecule has 3 atom stereocenters. The lowest BCUT2D eigenvalue weighted by Gasteiger charge is -2.33. The van der Waals surface area contributed by atoms with Crippen molar-refractivity contribution in [2.45, 2.75) is 44.2 Å². The van der Waals surface area contributed by atoms with Crippen LogP contribution in [-0.4, -0.2) is 47.4 Å². The lowest BCUT2D eigenvalue weighted by Crippen LogP contribution is -2.51. The molecule has 164 valence electrons. The molecule has 1 aromatic carbocycles. The number of hydrogen-bond donors (Lipinski definition) is 3. The van der Waals surface area contributed by atoms with Crippen LogP contribution < -0.4 is 16.2 Å². The van der Waals surface area contributed by atoms with Gasteiger partial charge in [0.2, 0.25) is 11.8 Å². The maximum atomic E-state index is 13.0. The minimum absolute atomic E-state index is 0.0659. The summed E-state index contributed by atoms with van der Waals surface area (Å²) in [6.07, 6.45) is 7.81. The molecule has 0 spiro atoms. The molecule has 2 amide bonds. The third kappa shape index (κ3) is 5.68. The number of carbonyl (C=O) groups excluding carboxylic acids is 2. The van der Waals surface area contributed by atoms with Crippen molar-refractivity contribution in [3.63, 3.8) is 0 Å². The summed E-state index contributed by atoms with van der Waals surface area (Å²) < 4.78 is 0. The number of pyridine rings is 1. The number of benzene rings is 1. The van der Waals surface area contributed by atoms with E-state index in [1.165, 1.54) is 5.56 Å². The Morgan fingerprint density at radius 1 is 1.13 bits per heavy atom. The highest BCUT2D eigenvalue weighted by atomic mass is 16.2. The summed E-state index contributed by atoms with van der Waals surface area (Å²) in [7, 11) is 0. The number of nitrogens with one attached hydrogen (secondary N) is 3. The van der Waals surface area contributed by atoms with Crippen molar-refractivity contribution in [1.82, 2.24) is 26.1 Å². The Hall–Kier alpha value is -2.77. The maximum absolute atomic E-state index is 13.0. The molecule has 2 saturated heterocycles. The highest BCUT2D eigenvalue weighted by molar-refractivity contribution is 5.84. The van der Waals surface area contributed by atoms with Gasteiger partial charge in [-0.2, -0.15) is 0 Å². The zero-order valence-corrected chi connectivity index (χ0v) is 17.8. The number of hydrogen-bond acceptors (Lipinski definition) is 5. The molecular weight excluding hydrogens is 390 g/mol. The average molecular weight is 422 g/mol. The van der Waals surface area contributed by atoms with E-state index < -0.39 is 0 Å². The van der Waals surface area contributed by atoms with Crippen molar-refractivity contribution in [2.75, 3.05) is 19.6 Å². The number of carbonyl (C=O) groups is 2. The van der Waals surface area contributed by atoms with Crippen LogP contribution in [0.4, 0.5) is 0 Å². The Balaban J connectivity index is 1.22. The van der Waals surface area contributed by atoms with Gasteiger partial charge >= 0.3 is 0 Å². The Morgan fingerprint density at radius 2 is 2.00 bits per heavy atom. The fraction of sp³-hybridized carbons (Fsp3) is 0.458. The van der Waals surface area contributed by atoms with E-state index >= 15 is 0 Å². The van der Waals surface area contributed by atoms with Gasteiger partial charge in [0.15, 0.2) is 0 Å². The molecule has 4 rings (SSSR count). The predicted octanol–water partition coefficient (Wildman–Crippen LogP) is 1.98. The fourth-order valence-corrected chi connectivity index (χ4v) is 4.42. The molecule has 1 aromatic heterocycles. The molecule has 31 heavy (non-hydrogen) atoms. The van der Waals surface area contributed by atoms with Gasteiger partial charge in [-0.15, -0.1) is 0 Å². The Labute approximate surface area is 183 Å². The van der Waals surface area contributed by atoms with Crippen LogP contribution in [0, 0.1) is 5.92 Å². The van der Waals surface area contributed by atoms with Gasteiger partial charge in [0.1, 0.15) is 6.04 Å². The molecule has 2 aromatic rings. The van der Waals surface area contributed by atoms with E-state index in [-0.39, 0.29) is 29.8 Å². The summed E-state index contributed by atoms with van der Waals surface area (Å²) in [6, 6.07) is 14.0. The summed E-state index contributed by atoms with van der Waals surface area (Å²) in [5.74, 6) is 0.00896. The van der Waals surface area contributed by atoms with E-state index in [2.05, 4.69) is 33.3 Å². The lowest BCUT2D eigenvalue weighted by atomic mass is 9.95. The maximum Gasteiger partial charge on any atom is 0.241 e. The molecule has 0 radical (unpaired) electrons. The van der Waals surface area contributed by atoms with Crippen molar-refractivity contribution in [1.29, 1.82) is 0 Å². The van der Waals surface area contributed by atoms with Crippen molar-refractivity contribution in [3.8, 4) is 0 Å². The number of amides is 2. The molecule has 2 aliphatic rings. The van der Waals surface area contributed by atoms with Gasteiger partial charge in [0, 0.05) is 38.1 Å². The van der Waals surface area contributed by atoms with Gasteiger partial charge in [-0.25, -0.2) is 10.9 Å². The summed E-state index contributed by atoms with van der Waals surface area (Å²) in [5.41, 5.74) is 8.69. The second-order valence-electron chi connectivity index (χ2n) is 8.42. The number of nitrogens with zero attached hydrogens (tertiary/aromatic N) is 2. The van der Waals surface area contributed by atoms with Gasteiger partial charge in [0.05, 0.1) is 5.92 Å². The van der Waals surface area contributed by atoms with E-state index in [4.69, 9.17) is 0 Å². The quantitative estimate of drug-likeness (QED) is 0.595. The van der Waals surface area contributed by atoms with Gasteiger partial charge < -0.3 is 10.2 Å². The highest BCUT2D eigenvalue weighted by Gasteiger charge is 2.36. The van der Waals surface area contributed by atoms with Crippen LogP contribution in [-0.2, 0) is 16.0 Å². The monoisotopic (exact) mass is 421 g/mol. The molecule has 7 nitrogen and oxygen atoms in total. The molecule has 2 fully saturated rings. The Kier molecular flexibility index (Phi) is 7.27. The Bertz CT molecular complexity index is 861. The predicted molar refractivity (Wildman–Crippen MR) is 119 cm³/mol. The summed E-state index contributed by atoms with van der Waals surface area (Å²) in [6.45, 7) is 1.88. The zero-order valence-electron chi connectivity index (χ0n) is 17.8. The van der Waals surface area contributed by atoms with Crippen LogP contribution in [0.3, 0.4) is 0 Å². The molecule has 0 bridgehead atoms. The van der Waals surface area contributed by atoms with Gasteiger partial charge in [-0.3, -0.25) is 14.6 Å². The van der Waals surface area contributed by atoms with Crippen molar-refractivity contribution >= 4 is 11.8 Å². The second-order valence-corrected chi connectivity index (χ2v) is 8.42. The second kappa shape index (κ2) is 10.5. The lowest BCUT2D eigenvalue weighted by molar-refractivity contribution is -0.137. The summed E-state index contributed by atoms with van der Waals surface area (Å²) in [5, 5.41) is 3.07. The average Bonchev–Trinajstić information content (AvgIpc) is 3.33. The first-order chi connectivity index (χ1) is 15.2. The minimum Gasteiger partial charge on any atom is -0.356 e. The number of piperidine rings is 1. The molecule has 3 heterocycles. The molecule has 7 heteroatoms. The van der Waals surface area contributed by atoms with Crippen LogP contribution >= 0.6 is 0 Å². The van der Waals surface area contributed by atoms with Gasteiger partial charge in [-0.1, -0.05) is 36.4 Å². The number of hydrazine groups is 1. The summed E-state index contributed by atoms with van der Waals surface area (Å²) in [4.78, 5) is 31.7. The number of aromatic nitrogens is 1. The number of aryl methyl sites for hydroxylation is 1. The third-order valence-electron chi connectivity index (χ3n) is 6.18. The fourth-order valence-electron chi connectivity index (χ4n) is 4.42. The standard InChI is InChI=1S/C24H31N5O2/c30-23(26-13-4-9-18-7-2-1-3-8-18)20-11-6-14-29(17-20)24(31)22-15-21(27-28-22)19-10-5-12-25-16-19/h1-3,5,7-8,10,12,16,20-22,27-28H,4,6,9,11,13-15,17H2,(H,26,30). The van der Waals surface area contributed by atoms with Gasteiger partial charge in [-0.05, 0) is 49.3 Å².